The predicted octanol–water partition coefficient (Wildman–Crippen LogP) is 3.53. The summed E-state index contributed by atoms with van der Waals surface area (Å²) in [5.74, 6) is 0.984. The molecule has 0 radical (unpaired) electrons. The number of alkyl halides is 1. The number of aliphatic hydroxyl groups is 1. The van der Waals surface area contributed by atoms with Gasteiger partial charge in [-0.1, -0.05) is 44.0 Å². The van der Waals surface area contributed by atoms with Gasteiger partial charge >= 0.3 is 0 Å². The number of nitrogens with zero attached hydrogens (tertiary/aromatic N) is 1. The first kappa shape index (κ1) is 11.8. The fraction of sp³-hybridized carbons (Fsp3) is 0.182. The van der Waals surface area contributed by atoms with Crippen molar-refractivity contribution in [2.75, 3.05) is 5.33 Å². The molecule has 1 heterocycles. The quantitative estimate of drug-likeness (QED) is 0.865. The normalized spacial score (nSPS) is 12.7. The lowest BCUT2D eigenvalue weighted by molar-refractivity contribution is 0.169. The molecule has 3 nitrogen and oxygen atoms in total. The number of rotatable bonds is 3. The van der Waals surface area contributed by atoms with E-state index in [9.17, 15) is 5.11 Å². The van der Waals surface area contributed by atoms with Crippen LogP contribution in [-0.2, 0) is 0 Å². The molecule has 1 atom stereocenters. The average molecular weight is 347 g/mol. The molecule has 0 spiro atoms. The fourth-order valence-corrected chi connectivity index (χ4v) is 1.80. The zero-order valence-electron chi connectivity index (χ0n) is 8.23. The molecule has 0 aliphatic heterocycles. The summed E-state index contributed by atoms with van der Waals surface area (Å²) in [7, 11) is 0. The van der Waals surface area contributed by atoms with Crippen LogP contribution >= 0.6 is 31.9 Å². The molecule has 0 aliphatic carbocycles. The first-order valence-electron chi connectivity index (χ1n) is 4.66. The number of hydrogen-bond donors (Lipinski definition) is 1. The summed E-state index contributed by atoms with van der Waals surface area (Å²) in [4.78, 5) is 4.03. The SMILES string of the molecule is O[C@@H](CBr)c1ncc(-c2ccc(Br)cc2)o1. The second-order valence-electron chi connectivity index (χ2n) is 3.24. The Labute approximate surface area is 110 Å². The monoisotopic (exact) mass is 345 g/mol. The van der Waals surface area contributed by atoms with Crippen molar-refractivity contribution in [3.8, 4) is 11.3 Å². The lowest BCUT2D eigenvalue weighted by Gasteiger charge is -2.00. The zero-order valence-corrected chi connectivity index (χ0v) is 11.4. The number of halogens is 2. The maximum atomic E-state index is 9.52. The first-order chi connectivity index (χ1) is 7.70. The van der Waals surface area contributed by atoms with E-state index in [2.05, 4.69) is 36.8 Å². The van der Waals surface area contributed by atoms with E-state index >= 15 is 0 Å². The molecule has 1 aromatic carbocycles. The van der Waals surface area contributed by atoms with E-state index in [4.69, 9.17) is 4.42 Å². The van der Waals surface area contributed by atoms with Crippen molar-refractivity contribution < 1.29 is 9.52 Å². The summed E-state index contributed by atoms with van der Waals surface area (Å²) in [6.07, 6.45) is 0.911. The molecule has 0 amide bonds. The van der Waals surface area contributed by atoms with Gasteiger partial charge in [0.15, 0.2) is 5.76 Å². The van der Waals surface area contributed by atoms with Crippen LogP contribution in [0.15, 0.2) is 39.4 Å². The van der Waals surface area contributed by atoms with Crippen molar-refractivity contribution >= 4 is 31.9 Å². The Kier molecular flexibility index (Phi) is 3.78. The summed E-state index contributed by atoms with van der Waals surface area (Å²) in [5.41, 5.74) is 0.934. The lowest BCUT2D eigenvalue weighted by atomic mass is 10.2. The van der Waals surface area contributed by atoms with Crippen molar-refractivity contribution in [3.63, 3.8) is 0 Å². The van der Waals surface area contributed by atoms with Gasteiger partial charge in [-0.25, -0.2) is 4.98 Å². The van der Waals surface area contributed by atoms with Crippen LogP contribution < -0.4 is 0 Å². The number of aromatic nitrogens is 1. The van der Waals surface area contributed by atoms with E-state index in [1.165, 1.54) is 0 Å². The van der Waals surface area contributed by atoms with Crippen LogP contribution in [-0.4, -0.2) is 15.4 Å². The number of oxazole rings is 1. The van der Waals surface area contributed by atoms with E-state index in [0.29, 0.717) is 17.0 Å². The minimum atomic E-state index is -0.704. The molecule has 0 aliphatic rings. The van der Waals surface area contributed by atoms with Gasteiger partial charge in [-0.3, -0.25) is 0 Å². The topological polar surface area (TPSA) is 46.3 Å². The molecule has 0 saturated heterocycles. The van der Waals surface area contributed by atoms with Crippen molar-refractivity contribution in [1.29, 1.82) is 0 Å². The van der Waals surface area contributed by atoms with Crippen molar-refractivity contribution in [3.05, 3.63) is 40.8 Å². The molecule has 1 N–H and O–H groups in total. The minimum absolute atomic E-state index is 0.329. The molecule has 2 rings (SSSR count). The smallest absolute Gasteiger partial charge is 0.224 e. The molecule has 0 bridgehead atoms. The summed E-state index contributed by atoms with van der Waals surface area (Å²) in [5, 5.41) is 9.93. The van der Waals surface area contributed by atoms with Gasteiger partial charge < -0.3 is 9.52 Å². The predicted molar refractivity (Wildman–Crippen MR) is 68.4 cm³/mol. The third-order valence-electron chi connectivity index (χ3n) is 2.08. The van der Waals surface area contributed by atoms with Gasteiger partial charge in [-0.2, -0.15) is 0 Å². The largest absolute Gasteiger partial charge is 0.438 e. The Morgan fingerprint density at radius 3 is 2.62 bits per heavy atom. The maximum Gasteiger partial charge on any atom is 0.224 e. The minimum Gasteiger partial charge on any atom is -0.438 e. The highest BCUT2D eigenvalue weighted by molar-refractivity contribution is 9.10. The molecular weight excluding hydrogens is 338 g/mol. The molecule has 16 heavy (non-hydrogen) atoms. The highest BCUT2D eigenvalue weighted by Crippen LogP contribution is 2.25. The van der Waals surface area contributed by atoms with Crippen LogP contribution in [0.25, 0.3) is 11.3 Å². The Hall–Kier alpha value is -0.650. The average Bonchev–Trinajstić information content (AvgIpc) is 2.78. The number of benzene rings is 1. The summed E-state index contributed by atoms with van der Waals surface area (Å²) in [6, 6.07) is 7.71. The maximum absolute atomic E-state index is 9.52. The van der Waals surface area contributed by atoms with Gasteiger partial charge in [0.1, 0.15) is 6.10 Å². The molecule has 84 valence electrons. The summed E-state index contributed by atoms with van der Waals surface area (Å²) >= 11 is 6.54. The van der Waals surface area contributed by atoms with Gasteiger partial charge in [0.05, 0.1) is 6.20 Å². The second-order valence-corrected chi connectivity index (χ2v) is 4.80. The molecule has 5 heteroatoms. The Balaban J connectivity index is 2.28. The van der Waals surface area contributed by atoms with Gasteiger partial charge in [0.25, 0.3) is 0 Å². The summed E-state index contributed by atoms with van der Waals surface area (Å²) < 4.78 is 6.47. The van der Waals surface area contributed by atoms with Crippen molar-refractivity contribution in [2.24, 2.45) is 0 Å². The molecule has 0 unspecified atom stereocenters. The summed E-state index contributed by atoms with van der Waals surface area (Å²) in [6.45, 7) is 0. The molecule has 1 aromatic heterocycles. The van der Waals surface area contributed by atoms with Crippen LogP contribution in [0.5, 0.6) is 0 Å². The molecule has 0 fully saturated rings. The van der Waals surface area contributed by atoms with E-state index in [-0.39, 0.29) is 0 Å². The van der Waals surface area contributed by atoms with Crippen LogP contribution in [0.3, 0.4) is 0 Å². The Morgan fingerprint density at radius 2 is 2.00 bits per heavy atom. The van der Waals surface area contributed by atoms with Gasteiger partial charge in [-0.05, 0) is 12.1 Å². The highest BCUT2D eigenvalue weighted by Gasteiger charge is 2.13. The lowest BCUT2D eigenvalue weighted by Crippen LogP contribution is -1.97. The standard InChI is InChI=1S/C11H9Br2NO2/c12-5-9(15)11-14-6-10(16-11)7-1-3-8(13)4-2-7/h1-4,6,9,15H,5H2/t9-/m0/s1. The van der Waals surface area contributed by atoms with Crippen LogP contribution in [0.1, 0.15) is 12.0 Å². The Bertz CT molecular complexity index is 467. The molecule has 2 aromatic rings. The number of hydrogen-bond acceptors (Lipinski definition) is 3. The van der Waals surface area contributed by atoms with Crippen molar-refractivity contribution in [2.45, 2.75) is 6.10 Å². The number of aliphatic hydroxyl groups excluding tert-OH is 1. The van der Waals surface area contributed by atoms with Crippen LogP contribution in [0.4, 0.5) is 0 Å². The van der Waals surface area contributed by atoms with Gasteiger partial charge in [-0.15, -0.1) is 0 Å². The highest BCUT2D eigenvalue weighted by atomic mass is 79.9. The fourth-order valence-electron chi connectivity index (χ4n) is 1.26. The Morgan fingerprint density at radius 1 is 1.31 bits per heavy atom. The van der Waals surface area contributed by atoms with E-state index in [1.807, 2.05) is 24.3 Å². The van der Waals surface area contributed by atoms with Crippen LogP contribution in [0.2, 0.25) is 0 Å². The van der Waals surface area contributed by atoms with E-state index in [1.54, 1.807) is 6.20 Å². The molecular formula is C11H9Br2NO2. The van der Waals surface area contributed by atoms with Crippen LogP contribution in [0, 0.1) is 0 Å². The third-order valence-corrected chi connectivity index (χ3v) is 3.23. The van der Waals surface area contributed by atoms with Crippen molar-refractivity contribution in [1.82, 2.24) is 4.98 Å². The third kappa shape index (κ3) is 2.53. The van der Waals surface area contributed by atoms with E-state index < -0.39 is 6.10 Å². The second kappa shape index (κ2) is 5.12. The zero-order chi connectivity index (χ0) is 11.5. The first-order valence-corrected chi connectivity index (χ1v) is 6.58. The molecule has 0 saturated carbocycles. The van der Waals surface area contributed by atoms with Gasteiger partial charge in [0.2, 0.25) is 5.89 Å². The van der Waals surface area contributed by atoms with E-state index in [0.717, 1.165) is 10.0 Å². The van der Waals surface area contributed by atoms with Gasteiger partial charge in [0, 0.05) is 15.4 Å².